The number of alkyl carbamates (subject to hydrolysis) is 1. The number of amides is 1. The van der Waals surface area contributed by atoms with E-state index in [0.717, 1.165) is 0 Å². The molecule has 0 radical (unpaired) electrons. The van der Waals surface area contributed by atoms with Gasteiger partial charge in [-0.3, -0.25) is 14.9 Å². The van der Waals surface area contributed by atoms with E-state index in [4.69, 9.17) is 14.2 Å². The second-order valence-electron chi connectivity index (χ2n) is 6.40. The first-order valence-electron chi connectivity index (χ1n) is 6.63. The van der Waals surface area contributed by atoms with E-state index >= 15 is 0 Å². The minimum absolute atomic E-state index is 0.0178. The SMILES string of the molecule is CC(=O)OCC(C)(C)C(NC(=O)OC(C)(C)C)OC(C)=O. The molecule has 0 spiro atoms. The van der Waals surface area contributed by atoms with E-state index in [0.29, 0.717) is 0 Å². The largest absolute Gasteiger partial charge is 0.465 e. The molecule has 1 atom stereocenters. The Kier molecular flexibility index (Phi) is 6.66. The number of carbonyl (C=O) groups is 3. The van der Waals surface area contributed by atoms with Crippen LogP contribution in [-0.2, 0) is 23.8 Å². The highest BCUT2D eigenvalue weighted by molar-refractivity contribution is 5.70. The molecule has 1 N–H and O–H groups in total. The van der Waals surface area contributed by atoms with Gasteiger partial charge in [0.05, 0.1) is 5.41 Å². The first-order chi connectivity index (χ1) is 9.33. The fraction of sp³-hybridized carbons (Fsp3) is 0.786. The van der Waals surface area contributed by atoms with E-state index < -0.39 is 35.3 Å². The van der Waals surface area contributed by atoms with Gasteiger partial charge in [-0.1, -0.05) is 13.8 Å². The second kappa shape index (κ2) is 7.28. The summed E-state index contributed by atoms with van der Waals surface area (Å²) in [6.45, 7) is 11.0. The van der Waals surface area contributed by atoms with Crippen LogP contribution in [0.3, 0.4) is 0 Å². The van der Waals surface area contributed by atoms with Crippen molar-refractivity contribution in [3.63, 3.8) is 0 Å². The monoisotopic (exact) mass is 303 g/mol. The standard InChI is InChI=1S/C14H25NO6/c1-9(16)19-8-14(6,7)11(20-10(2)17)15-12(18)21-13(3,4)5/h11H,8H2,1-7H3,(H,15,18). The van der Waals surface area contributed by atoms with Gasteiger partial charge in [0, 0.05) is 13.8 Å². The van der Waals surface area contributed by atoms with Gasteiger partial charge in [0.15, 0.2) is 6.23 Å². The van der Waals surface area contributed by atoms with Crippen molar-refractivity contribution >= 4 is 18.0 Å². The highest BCUT2D eigenvalue weighted by Gasteiger charge is 2.36. The Balaban J connectivity index is 4.89. The predicted molar refractivity (Wildman–Crippen MR) is 75.3 cm³/mol. The molecule has 7 heteroatoms. The van der Waals surface area contributed by atoms with Gasteiger partial charge in [0.25, 0.3) is 0 Å². The van der Waals surface area contributed by atoms with Gasteiger partial charge < -0.3 is 14.2 Å². The molecule has 0 heterocycles. The summed E-state index contributed by atoms with van der Waals surface area (Å²) in [4.78, 5) is 33.9. The number of hydrogen-bond donors (Lipinski definition) is 1. The molecule has 1 unspecified atom stereocenters. The molecular formula is C14H25NO6. The van der Waals surface area contributed by atoms with Gasteiger partial charge in [-0.25, -0.2) is 4.79 Å². The Bertz CT molecular complexity index is 397. The van der Waals surface area contributed by atoms with E-state index in [1.54, 1.807) is 34.6 Å². The summed E-state index contributed by atoms with van der Waals surface area (Å²) in [5, 5.41) is 2.47. The van der Waals surface area contributed by atoms with Crippen molar-refractivity contribution in [2.45, 2.75) is 60.3 Å². The molecule has 1 amide bonds. The Hall–Kier alpha value is -1.79. The van der Waals surface area contributed by atoms with Crippen LogP contribution in [0, 0.1) is 5.41 Å². The van der Waals surface area contributed by atoms with Crippen molar-refractivity contribution in [3.05, 3.63) is 0 Å². The highest BCUT2D eigenvalue weighted by Crippen LogP contribution is 2.23. The summed E-state index contributed by atoms with van der Waals surface area (Å²) < 4.78 is 15.1. The Morgan fingerprint density at radius 2 is 1.52 bits per heavy atom. The minimum Gasteiger partial charge on any atom is -0.465 e. The van der Waals surface area contributed by atoms with Crippen LogP contribution in [0.5, 0.6) is 0 Å². The Labute approximate surface area is 125 Å². The van der Waals surface area contributed by atoms with Crippen molar-refractivity contribution < 1.29 is 28.6 Å². The van der Waals surface area contributed by atoms with Gasteiger partial charge in [0.2, 0.25) is 0 Å². The molecule has 0 saturated heterocycles. The lowest BCUT2D eigenvalue weighted by Gasteiger charge is -2.33. The highest BCUT2D eigenvalue weighted by atomic mass is 16.6. The lowest BCUT2D eigenvalue weighted by molar-refractivity contribution is -0.161. The maximum Gasteiger partial charge on any atom is 0.410 e. The molecule has 0 aliphatic heterocycles. The first-order valence-corrected chi connectivity index (χ1v) is 6.63. The Morgan fingerprint density at radius 3 is 1.90 bits per heavy atom. The maximum absolute atomic E-state index is 11.8. The zero-order valence-electron chi connectivity index (χ0n) is 13.7. The molecule has 0 aliphatic carbocycles. The quantitative estimate of drug-likeness (QED) is 0.474. The van der Waals surface area contributed by atoms with Crippen molar-refractivity contribution in [3.8, 4) is 0 Å². The second-order valence-corrected chi connectivity index (χ2v) is 6.40. The summed E-state index contributed by atoms with van der Waals surface area (Å²) in [5.41, 5.74) is -1.49. The molecular weight excluding hydrogens is 278 g/mol. The third kappa shape index (κ3) is 8.88. The van der Waals surface area contributed by atoms with Gasteiger partial charge in [-0.2, -0.15) is 0 Å². The van der Waals surface area contributed by atoms with Crippen molar-refractivity contribution in [1.29, 1.82) is 0 Å². The van der Waals surface area contributed by atoms with E-state index in [1.165, 1.54) is 13.8 Å². The van der Waals surface area contributed by atoms with Gasteiger partial charge in [-0.15, -0.1) is 0 Å². The fourth-order valence-electron chi connectivity index (χ4n) is 1.33. The average molecular weight is 303 g/mol. The molecule has 7 nitrogen and oxygen atoms in total. The molecule has 0 aliphatic rings. The third-order valence-electron chi connectivity index (χ3n) is 2.29. The number of carbonyl (C=O) groups excluding carboxylic acids is 3. The maximum atomic E-state index is 11.8. The topological polar surface area (TPSA) is 90.9 Å². The normalized spacial score (nSPS) is 13.1. The summed E-state index contributed by atoms with van der Waals surface area (Å²) in [6.07, 6.45) is -1.70. The predicted octanol–water partition coefficient (Wildman–Crippen LogP) is 1.99. The average Bonchev–Trinajstić information content (AvgIpc) is 2.22. The number of nitrogens with one attached hydrogen (secondary N) is 1. The summed E-state index contributed by atoms with van der Waals surface area (Å²) in [7, 11) is 0. The molecule has 0 fully saturated rings. The molecule has 122 valence electrons. The first kappa shape index (κ1) is 19.2. The van der Waals surface area contributed by atoms with E-state index in [2.05, 4.69) is 5.32 Å². The smallest absolute Gasteiger partial charge is 0.410 e. The van der Waals surface area contributed by atoms with Crippen LogP contribution in [0.2, 0.25) is 0 Å². The van der Waals surface area contributed by atoms with E-state index in [1.807, 2.05) is 0 Å². The van der Waals surface area contributed by atoms with Crippen molar-refractivity contribution in [2.24, 2.45) is 5.41 Å². The molecule has 0 rings (SSSR count). The van der Waals surface area contributed by atoms with Crippen LogP contribution >= 0.6 is 0 Å². The molecule has 0 aromatic heterocycles. The molecule has 0 saturated carbocycles. The van der Waals surface area contributed by atoms with Crippen LogP contribution < -0.4 is 5.32 Å². The fourth-order valence-corrected chi connectivity index (χ4v) is 1.33. The van der Waals surface area contributed by atoms with Gasteiger partial charge in [0.1, 0.15) is 12.2 Å². The number of ether oxygens (including phenoxy) is 3. The number of esters is 2. The molecule has 21 heavy (non-hydrogen) atoms. The summed E-state index contributed by atoms with van der Waals surface area (Å²) in [5.74, 6) is -1.02. The van der Waals surface area contributed by atoms with Gasteiger partial charge in [-0.05, 0) is 20.8 Å². The zero-order valence-corrected chi connectivity index (χ0v) is 13.7. The van der Waals surface area contributed by atoms with Gasteiger partial charge >= 0.3 is 18.0 Å². The van der Waals surface area contributed by atoms with Crippen LogP contribution in [0.1, 0.15) is 48.5 Å². The van der Waals surface area contributed by atoms with Crippen LogP contribution in [0.15, 0.2) is 0 Å². The van der Waals surface area contributed by atoms with Crippen LogP contribution in [-0.4, -0.2) is 36.5 Å². The summed E-state index contributed by atoms with van der Waals surface area (Å²) >= 11 is 0. The summed E-state index contributed by atoms with van der Waals surface area (Å²) in [6, 6.07) is 0. The number of rotatable bonds is 5. The van der Waals surface area contributed by atoms with Crippen molar-refractivity contribution in [2.75, 3.05) is 6.61 Å². The number of hydrogen-bond acceptors (Lipinski definition) is 6. The van der Waals surface area contributed by atoms with Crippen molar-refractivity contribution in [1.82, 2.24) is 5.32 Å². The molecule has 0 aromatic carbocycles. The van der Waals surface area contributed by atoms with Crippen LogP contribution in [0.4, 0.5) is 4.79 Å². The Morgan fingerprint density at radius 1 is 1.00 bits per heavy atom. The molecule has 0 aromatic rings. The van der Waals surface area contributed by atoms with Crippen LogP contribution in [0.25, 0.3) is 0 Å². The zero-order chi connectivity index (χ0) is 16.8. The molecule has 0 bridgehead atoms. The lowest BCUT2D eigenvalue weighted by atomic mass is 9.92. The van der Waals surface area contributed by atoms with E-state index in [9.17, 15) is 14.4 Å². The van der Waals surface area contributed by atoms with E-state index in [-0.39, 0.29) is 6.61 Å². The minimum atomic E-state index is -0.982. The third-order valence-corrected chi connectivity index (χ3v) is 2.29. The lowest BCUT2D eigenvalue weighted by Crippen LogP contribution is -2.51.